The van der Waals surface area contributed by atoms with E-state index in [1.165, 1.54) is 0 Å². The Labute approximate surface area is 159 Å². The summed E-state index contributed by atoms with van der Waals surface area (Å²) in [6.45, 7) is 6.54. The van der Waals surface area contributed by atoms with Crippen LogP contribution in [0.2, 0.25) is 0 Å². The van der Waals surface area contributed by atoms with Crippen molar-refractivity contribution in [2.75, 3.05) is 19.8 Å². The van der Waals surface area contributed by atoms with Crippen molar-refractivity contribution in [3.8, 4) is 5.75 Å². The average molecular weight is 373 g/mol. The molecule has 146 valence electrons. The second-order valence-corrected chi connectivity index (χ2v) is 6.44. The summed E-state index contributed by atoms with van der Waals surface area (Å²) >= 11 is 0. The Bertz CT molecular complexity index is 754. The van der Waals surface area contributed by atoms with Gasteiger partial charge in [0.2, 0.25) is 0 Å². The zero-order valence-electron chi connectivity index (χ0n) is 16.1. The maximum atomic E-state index is 12.0. The van der Waals surface area contributed by atoms with Gasteiger partial charge in [-0.1, -0.05) is 50.2 Å². The predicted molar refractivity (Wildman–Crippen MR) is 104 cm³/mol. The van der Waals surface area contributed by atoms with Crippen molar-refractivity contribution in [1.82, 2.24) is 5.32 Å². The van der Waals surface area contributed by atoms with Gasteiger partial charge in [0.25, 0.3) is 0 Å². The molecule has 0 amide bonds. The molecule has 0 aliphatic heterocycles. The van der Waals surface area contributed by atoms with E-state index in [0.29, 0.717) is 6.54 Å². The SMILES string of the molecule is CCOC(=O)CC(=O)OC(CNC(C)C)COc1cccc2ccccc12. The third kappa shape index (κ3) is 6.90. The number of hydrogen-bond donors (Lipinski definition) is 1. The van der Waals surface area contributed by atoms with Gasteiger partial charge in [-0.15, -0.1) is 0 Å². The number of carbonyl (C=O) groups excluding carboxylic acids is 2. The minimum Gasteiger partial charge on any atom is -0.489 e. The van der Waals surface area contributed by atoms with Crippen molar-refractivity contribution >= 4 is 22.7 Å². The Morgan fingerprint density at radius 1 is 1.04 bits per heavy atom. The van der Waals surface area contributed by atoms with Gasteiger partial charge >= 0.3 is 11.9 Å². The summed E-state index contributed by atoms with van der Waals surface area (Å²) in [5.74, 6) is -0.484. The van der Waals surface area contributed by atoms with E-state index < -0.39 is 24.5 Å². The first kappa shape index (κ1) is 20.7. The van der Waals surface area contributed by atoms with Crippen LogP contribution in [0.1, 0.15) is 27.2 Å². The predicted octanol–water partition coefficient (Wildman–Crippen LogP) is 3.08. The molecule has 0 fully saturated rings. The highest BCUT2D eigenvalue weighted by molar-refractivity contribution is 5.91. The van der Waals surface area contributed by atoms with Crippen LogP contribution in [-0.2, 0) is 19.1 Å². The molecule has 1 N–H and O–H groups in total. The topological polar surface area (TPSA) is 73.9 Å². The van der Waals surface area contributed by atoms with Crippen LogP contribution >= 0.6 is 0 Å². The van der Waals surface area contributed by atoms with Crippen molar-refractivity contribution in [1.29, 1.82) is 0 Å². The molecule has 27 heavy (non-hydrogen) atoms. The molecule has 0 bridgehead atoms. The molecule has 0 aromatic heterocycles. The highest BCUT2D eigenvalue weighted by Crippen LogP contribution is 2.25. The van der Waals surface area contributed by atoms with Crippen LogP contribution in [0.25, 0.3) is 10.8 Å². The molecule has 0 aliphatic carbocycles. The largest absolute Gasteiger partial charge is 0.489 e. The first-order valence-electron chi connectivity index (χ1n) is 9.18. The van der Waals surface area contributed by atoms with E-state index in [0.717, 1.165) is 16.5 Å². The molecule has 1 unspecified atom stereocenters. The standard InChI is InChI=1S/C21H27NO5/c1-4-25-20(23)12-21(24)27-17(13-22-15(2)3)14-26-19-11-7-9-16-8-5-6-10-18(16)19/h5-11,15,17,22H,4,12-14H2,1-3H3. The van der Waals surface area contributed by atoms with Crippen molar-refractivity contribution in [3.05, 3.63) is 42.5 Å². The summed E-state index contributed by atoms with van der Waals surface area (Å²) in [6, 6.07) is 14.0. The summed E-state index contributed by atoms with van der Waals surface area (Å²) < 4.78 is 16.1. The van der Waals surface area contributed by atoms with Gasteiger partial charge in [-0.2, -0.15) is 0 Å². The molecule has 2 aromatic rings. The lowest BCUT2D eigenvalue weighted by molar-refractivity contribution is -0.158. The van der Waals surface area contributed by atoms with Crippen molar-refractivity contribution in [2.24, 2.45) is 0 Å². The third-order valence-corrected chi connectivity index (χ3v) is 3.82. The number of fused-ring (bicyclic) bond motifs is 1. The number of hydrogen-bond acceptors (Lipinski definition) is 6. The van der Waals surface area contributed by atoms with Crippen LogP contribution in [0.4, 0.5) is 0 Å². The molecular weight excluding hydrogens is 346 g/mol. The first-order valence-corrected chi connectivity index (χ1v) is 9.18. The molecule has 1 atom stereocenters. The Morgan fingerprint density at radius 3 is 2.52 bits per heavy atom. The molecule has 6 nitrogen and oxygen atoms in total. The summed E-state index contributed by atoms with van der Waals surface area (Å²) in [4.78, 5) is 23.5. The van der Waals surface area contributed by atoms with E-state index in [1.54, 1.807) is 6.92 Å². The second kappa shape index (κ2) is 10.5. The van der Waals surface area contributed by atoms with Crippen LogP contribution in [0, 0.1) is 0 Å². The van der Waals surface area contributed by atoms with Gasteiger partial charge in [0, 0.05) is 18.0 Å². The normalized spacial score (nSPS) is 12.0. The van der Waals surface area contributed by atoms with E-state index in [4.69, 9.17) is 14.2 Å². The zero-order valence-corrected chi connectivity index (χ0v) is 16.1. The smallest absolute Gasteiger partial charge is 0.317 e. The van der Waals surface area contributed by atoms with E-state index in [1.807, 2.05) is 56.3 Å². The minimum atomic E-state index is -0.620. The van der Waals surface area contributed by atoms with Crippen LogP contribution in [-0.4, -0.2) is 43.8 Å². The lowest BCUT2D eigenvalue weighted by atomic mass is 10.1. The molecule has 6 heteroatoms. The summed E-state index contributed by atoms with van der Waals surface area (Å²) in [6.07, 6.45) is -0.923. The number of carbonyl (C=O) groups is 2. The Kier molecular flexibility index (Phi) is 8.07. The monoisotopic (exact) mass is 373 g/mol. The van der Waals surface area contributed by atoms with Crippen LogP contribution in [0.15, 0.2) is 42.5 Å². The maximum absolute atomic E-state index is 12.0. The summed E-state index contributed by atoms with van der Waals surface area (Å²) in [5, 5.41) is 5.30. The molecule has 0 saturated carbocycles. The fraction of sp³-hybridized carbons (Fsp3) is 0.429. The van der Waals surface area contributed by atoms with Gasteiger partial charge < -0.3 is 19.5 Å². The van der Waals surface area contributed by atoms with Crippen LogP contribution in [0.5, 0.6) is 5.75 Å². The van der Waals surface area contributed by atoms with E-state index in [9.17, 15) is 9.59 Å². The van der Waals surface area contributed by atoms with Crippen molar-refractivity contribution in [2.45, 2.75) is 39.3 Å². The van der Waals surface area contributed by atoms with E-state index in [-0.39, 0.29) is 19.3 Å². The lowest BCUT2D eigenvalue weighted by Crippen LogP contribution is -2.38. The molecule has 0 radical (unpaired) electrons. The fourth-order valence-corrected chi connectivity index (χ4v) is 2.56. The number of benzene rings is 2. The van der Waals surface area contributed by atoms with Gasteiger partial charge in [-0.05, 0) is 18.4 Å². The van der Waals surface area contributed by atoms with Crippen molar-refractivity contribution in [3.63, 3.8) is 0 Å². The van der Waals surface area contributed by atoms with Gasteiger partial charge in [-0.3, -0.25) is 9.59 Å². The molecule has 0 spiro atoms. The molecule has 0 aliphatic rings. The molecule has 0 heterocycles. The Morgan fingerprint density at radius 2 is 1.78 bits per heavy atom. The highest BCUT2D eigenvalue weighted by Gasteiger charge is 2.19. The molecule has 2 aromatic carbocycles. The molecule has 0 saturated heterocycles. The molecular formula is C21H27NO5. The number of ether oxygens (including phenoxy) is 3. The number of rotatable bonds is 10. The lowest BCUT2D eigenvalue weighted by Gasteiger charge is -2.21. The van der Waals surface area contributed by atoms with Gasteiger partial charge in [0.05, 0.1) is 6.61 Å². The van der Waals surface area contributed by atoms with Gasteiger partial charge in [-0.25, -0.2) is 0 Å². The average Bonchev–Trinajstić information content (AvgIpc) is 2.63. The minimum absolute atomic E-state index is 0.183. The van der Waals surface area contributed by atoms with E-state index in [2.05, 4.69) is 5.32 Å². The summed E-state index contributed by atoms with van der Waals surface area (Å²) in [7, 11) is 0. The molecule has 2 rings (SSSR count). The van der Waals surface area contributed by atoms with Crippen LogP contribution < -0.4 is 10.1 Å². The number of esters is 2. The fourth-order valence-electron chi connectivity index (χ4n) is 2.56. The second-order valence-electron chi connectivity index (χ2n) is 6.44. The van der Waals surface area contributed by atoms with E-state index >= 15 is 0 Å². The highest BCUT2D eigenvalue weighted by atomic mass is 16.6. The van der Waals surface area contributed by atoms with Gasteiger partial charge in [0.15, 0.2) is 0 Å². The maximum Gasteiger partial charge on any atom is 0.317 e. The quantitative estimate of drug-likeness (QED) is 0.510. The summed E-state index contributed by atoms with van der Waals surface area (Å²) in [5.41, 5.74) is 0. The third-order valence-electron chi connectivity index (χ3n) is 3.82. The first-order chi connectivity index (χ1) is 13.0. The zero-order chi connectivity index (χ0) is 19.6. The Balaban J connectivity index is 2.00. The van der Waals surface area contributed by atoms with Gasteiger partial charge in [0.1, 0.15) is 24.9 Å². The van der Waals surface area contributed by atoms with Crippen LogP contribution in [0.3, 0.4) is 0 Å². The number of nitrogens with one attached hydrogen (secondary N) is 1. The van der Waals surface area contributed by atoms with Crippen molar-refractivity contribution < 1.29 is 23.8 Å². The Hall–Kier alpha value is -2.60.